The van der Waals surface area contributed by atoms with E-state index >= 15 is 0 Å². The molecule has 3 aliphatic carbocycles. The molecule has 0 aromatic rings. The fraction of sp³-hybridized carbons (Fsp3) is 0.857. The maximum Gasteiger partial charge on any atom is 0.0923 e. The molecule has 1 heteroatoms. The highest BCUT2D eigenvalue weighted by molar-refractivity contribution is 5.24. The van der Waals surface area contributed by atoms with Crippen molar-refractivity contribution >= 4 is 0 Å². The molecule has 0 unspecified atom stereocenters. The average Bonchev–Trinajstić information content (AvgIpc) is 2.58. The van der Waals surface area contributed by atoms with Crippen molar-refractivity contribution in [3.63, 3.8) is 0 Å². The molecule has 82 valence electrons. The molecule has 0 aromatic carbocycles. The van der Waals surface area contributed by atoms with Crippen molar-refractivity contribution in [2.45, 2.75) is 51.2 Å². The van der Waals surface area contributed by atoms with E-state index in [9.17, 15) is 0 Å². The third-order valence-corrected chi connectivity index (χ3v) is 5.74. The van der Waals surface area contributed by atoms with Crippen molar-refractivity contribution in [2.75, 3.05) is 0 Å². The normalized spacial score (nSPS) is 63.1. The summed E-state index contributed by atoms with van der Waals surface area (Å²) in [5.74, 6) is 3.94. The van der Waals surface area contributed by atoms with Crippen molar-refractivity contribution in [3.05, 3.63) is 11.6 Å². The van der Waals surface area contributed by atoms with Gasteiger partial charge in [-0.05, 0) is 63.2 Å². The van der Waals surface area contributed by atoms with E-state index in [0.717, 1.165) is 23.7 Å². The fourth-order valence-corrected chi connectivity index (χ4v) is 4.91. The summed E-state index contributed by atoms with van der Waals surface area (Å²) in [7, 11) is 0. The van der Waals surface area contributed by atoms with Crippen LogP contribution in [0, 0.1) is 23.7 Å². The van der Waals surface area contributed by atoms with Gasteiger partial charge in [0, 0.05) is 0 Å². The van der Waals surface area contributed by atoms with Crippen LogP contribution >= 0.6 is 0 Å². The van der Waals surface area contributed by atoms with E-state index in [1.807, 2.05) is 0 Å². The van der Waals surface area contributed by atoms with Gasteiger partial charge in [0.2, 0.25) is 0 Å². The summed E-state index contributed by atoms with van der Waals surface area (Å²) in [6, 6.07) is 0. The Bertz CT molecular complexity index is 345. The van der Waals surface area contributed by atoms with Crippen LogP contribution in [0.1, 0.15) is 39.5 Å². The van der Waals surface area contributed by atoms with Gasteiger partial charge in [-0.1, -0.05) is 11.6 Å². The Morgan fingerprint density at radius 1 is 1.33 bits per heavy atom. The van der Waals surface area contributed by atoms with Crippen molar-refractivity contribution < 1.29 is 4.74 Å². The van der Waals surface area contributed by atoms with E-state index in [0.29, 0.717) is 11.7 Å². The first kappa shape index (κ1) is 8.81. The van der Waals surface area contributed by atoms with Gasteiger partial charge in [0.05, 0.1) is 11.7 Å². The van der Waals surface area contributed by atoms with Crippen molar-refractivity contribution in [1.82, 2.24) is 0 Å². The van der Waals surface area contributed by atoms with Crippen LogP contribution in [0.3, 0.4) is 0 Å². The van der Waals surface area contributed by atoms with E-state index in [2.05, 4.69) is 19.9 Å². The second kappa shape index (κ2) is 2.51. The largest absolute Gasteiger partial charge is 0.366 e. The summed E-state index contributed by atoms with van der Waals surface area (Å²) in [4.78, 5) is 0. The number of rotatable bonds is 0. The summed E-state index contributed by atoms with van der Waals surface area (Å²) >= 11 is 0. The number of epoxide rings is 1. The zero-order chi connectivity index (χ0) is 10.2. The molecule has 0 aromatic heterocycles. The minimum atomic E-state index is 0.307. The predicted molar refractivity (Wildman–Crippen MR) is 59.5 cm³/mol. The first-order valence-electron chi connectivity index (χ1n) is 6.54. The van der Waals surface area contributed by atoms with Gasteiger partial charge in [-0.25, -0.2) is 0 Å². The Hall–Kier alpha value is -0.300. The van der Waals surface area contributed by atoms with E-state index in [-0.39, 0.29) is 0 Å². The third-order valence-electron chi connectivity index (χ3n) is 5.74. The smallest absolute Gasteiger partial charge is 0.0923 e. The predicted octanol–water partition coefficient (Wildman–Crippen LogP) is 3.16. The minimum absolute atomic E-state index is 0.307. The summed E-state index contributed by atoms with van der Waals surface area (Å²) in [6.45, 7) is 4.56. The van der Waals surface area contributed by atoms with E-state index < -0.39 is 0 Å². The zero-order valence-corrected chi connectivity index (χ0v) is 9.70. The summed E-state index contributed by atoms with van der Waals surface area (Å²) in [5, 5.41) is 0. The summed E-state index contributed by atoms with van der Waals surface area (Å²) < 4.78 is 5.88. The third kappa shape index (κ3) is 0.982. The van der Waals surface area contributed by atoms with E-state index in [1.165, 1.54) is 25.7 Å². The molecule has 2 bridgehead atoms. The van der Waals surface area contributed by atoms with Crippen LogP contribution in [0.15, 0.2) is 11.6 Å². The van der Waals surface area contributed by atoms with E-state index in [1.54, 1.807) is 5.57 Å². The maximum atomic E-state index is 5.88. The van der Waals surface area contributed by atoms with Crippen LogP contribution in [0.4, 0.5) is 0 Å². The molecule has 0 radical (unpaired) electrons. The summed E-state index contributed by atoms with van der Waals surface area (Å²) in [5.41, 5.74) is 2.08. The monoisotopic (exact) mass is 204 g/mol. The highest BCUT2D eigenvalue weighted by Gasteiger charge is 2.64. The number of hydrogen-bond donors (Lipinski definition) is 0. The highest BCUT2D eigenvalue weighted by Crippen LogP contribution is 2.65. The molecule has 1 saturated heterocycles. The molecule has 1 aliphatic heterocycles. The average molecular weight is 204 g/mol. The van der Waals surface area contributed by atoms with Gasteiger partial charge in [-0.15, -0.1) is 0 Å². The van der Waals surface area contributed by atoms with Crippen LogP contribution in [0.25, 0.3) is 0 Å². The van der Waals surface area contributed by atoms with Crippen LogP contribution in [0.2, 0.25) is 0 Å². The van der Waals surface area contributed by atoms with Crippen LogP contribution < -0.4 is 0 Å². The van der Waals surface area contributed by atoms with Crippen LogP contribution in [-0.4, -0.2) is 11.7 Å². The lowest BCUT2D eigenvalue weighted by Gasteiger charge is -2.36. The molecular formula is C14H20O. The Kier molecular flexibility index (Phi) is 1.47. The molecule has 0 N–H and O–H groups in total. The van der Waals surface area contributed by atoms with Crippen LogP contribution in [-0.2, 0) is 4.74 Å². The lowest BCUT2D eigenvalue weighted by Crippen LogP contribution is -2.34. The number of hydrogen-bond acceptors (Lipinski definition) is 1. The molecule has 1 heterocycles. The fourth-order valence-electron chi connectivity index (χ4n) is 4.91. The summed E-state index contributed by atoms with van der Waals surface area (Å²) in [6.07, 6.45) is 8.64. The molecular weight excluding hydrogens is 184 g/mol. The van der Waals surface area contributed by atoms with Gasteiger partial charge in [0.25, 0.3) is 0 Å². The molecule has 0 amide bonds. The van der Waals surface area contributed by atoms with Crippen molar-refractivity contribution in [1.29, 1.82) is 0 Å². The number of allylic oxidation sites excluding steroid dienone is 2. The number of ether oxygens (including phenoxy) is 1. The Morgan fingerprint density at radius 3 is 3.00 bits per heavy atom. The van der Waals surface area contributed by atoms with E-state index in [4.69, 9.17) is 4.74 Å². The lowest BCUT2D eigenvalue weighted by molar-refractivity contribution is 0.178. The first-order valence-corrected chi connectivity index (χ1v) is 6.54. The van der Waals surface area contributed by atoms with Gasteiger partial charge >= 0.3 is 0 Å². The van der Waals surface area contributed by atoms with Gasteiger partial charge in [-0.2, -0.15) is 0 Å². The number of fused-ring (bicyclic) bond motifs is 6. The molecule has 4 fully saturated rings. The molecule has 1 nitrogen and oxygen atoms in total. The van der Waals surface area contributed by atoms with Gasteiger partial charge < -0.3 is 4.74 Å². The lowest BCUT2D eigenvalue weighted by atomic mass is 9.67. The molecule has 4 aliphatic rings. The topological polar surface area (TPSA) is 12.5 Å². The molecule has 3 saturated carbocycles. The van der Waals surface area contributed by atoms with Crippen molar-refractivity contribution in [3.8, 4) is 0 Å². The standard InChI is InChI=1S/C14H20O/c1-3-8-4-9-5-10(8)11-6-13-14(2,15-13)7-12(9)11/h3,9-13H,4-7H2,1-2H3/b8-3+/t9-,10-,11-,12+,13+,14-/m0/s1. The quantitative estimate of drug-likeness (QED) is 0.436. The molecule has 15 heavy (non-hydrogen) atoms. The molecule has 6 atom stereocenters. The van der Waals surface area contributed by atoms with Crippen LogP contribution in [0.5, 0.6) is 0 Å². The van der Waals surface area contributed by atoms with Crippen molar-refractivity contribution in [2.24, 2.45) is 23.7 Å². The zero-order valence-electron chi connectivity index (χ0n) is 9.70. The highest BCUT2D eigenvalue weighted by atomic mass is 16.6. The van der Waals surface area contributed by atoms with Gasteiger partial charge in [0.15, 0.2) is 0 Å². The first-order chi connectivity index (χ1) is 7.21. The van der Waals surface area contributed by atoms with Gasteiger partial charge in [0.1, 0.15) is 0 Å². The second-order valence-electron chi connectivity index (χ2n) is 6.36. The SMILES string of the molecule is C/C=C1\C[C@H]2C[C@@H]1[C@@H]1C[C@H]3O[C@@]3(C)C[C@H]21. The Labute approximate surface area is 91.9 Å². The second-order valence-corrected chi connectivity index (χ2v) is 6.36. The minimum Gasteiger partial charge on any atom is -0.366 e. The maximum absolute atomic E-state index is 5.88. The Morgan fingerprint density at radius 2 is 2.20 bits per heavy atom. The molecule has 4 rings (SSSR count). The molecule has 0 spiro atoms. The van der Waals surface area contributed by atoms with Gasteiger partial charge in [-0.3, -0.25) is 0 Å². The Balaban J connectivity index is 1.66.